The molecule has 1 aromatic carbocycles. The van der Waals surface area contributed by atoms with Gasteiger partial charge in [0, 0.05) is 17.9 Å². The Hall–Kier alpha value is -3.92. The molecule has 156 valence electrons. The zero-order chi connectivity index (χ0) is 21.6. The number of aromatic nitrogens is 3. The van der Waals surface area contributed by atoms with Crippen molar-refractivity contribution in [3.05, 3.63) is 66.6 Å². The van der Waals surface area contributed by atoms with Crippen LogP contribution in [0, 0.1) is 0 Å². The van der Waals surface area contributed by atoms with Crippen LogP contribution in [0.4, 0.5) is 5.69 Å². The minimum absolute atomic E-state index is 0.105. The summed E-state index contributed by atoms with van der Waals surface area (Å²) in [5, 5.41) is 20.5. The number of anilines is 1. The van der Waals surface area contributed by atoms with Crippen molar-refractivity contribution in [1.82, 2.24) is 15.2 Å². The van der Waals surface area contributed by atoms with Gasteiger partial charge in [-0.1, -0.05) is 17.8 Å². The Bertz CT molecular complexity index is 1190. The summed E-state index contributed by atoms with van der Waals surface area (Å²) in [6, 6.07) is 13.1. The number of nitrogens with zero attached hydrogens (tertiary/aromatic N) is 3. The smallest absolute Gasteiger partial charge is 0.335 e. The molecule has 0 aliphatic carbocycles. The highest BCUT2D eigenvalue weighted by atomic mass is 32.2. The average Bonchev–Trinajstić information content (AvgIpc) is 3.48. The van der Waals surface area contributed by atoms with E-state index in [-0.39, 0.29) is 17.9 Å². The first-order valence-corrected chi connectivity index (χ1v) is 10.2. The molecule has 0 spiro atoms. The van der Waals surface area contributed by atoms with Crippen molar-refractivity contribution < 1.29 is 23.5 Å². The van der Waals surface area contributed by atoms with E-state index in [4.69, 9.17) is 13.9 Å². The molecule has 1 amide bonds. The van der Waals surface area contributed by atoms with E-state index < -0.39 is 5.97 Å². The molecule has 9 nitrogen and oxygen atoms in total. The Labute approximate surface area is 180 Å². The molecular weight excluding hydrogens is 420 g/mol. The third-order valence-corrected chi connectivity index (χ3v) is 4.97. The lowest BCUT2D eigenvalue weighted by molar-refractivity contribution is -0.115. The minimum atomic E-state index is -1.05. The fourth-order valence-corrected chi connectivity index (χ4v) is 3.45. The third kappa shape index (κ3) is 4.98. The summed E-state index contributed by atoms with van der Waals surface area (Å²) < 4.78 is 10.9. The van der Waals surface area contributed by atoms with E-state index in [2.05, 4.69) is 20.5 Å². The highest BCUT2D eigenvalue weighted by Crippen LogP contribution is 2.30. The van der Waals surface area contributed by atoms with Crippen molar-refractivity contribution in [2.45, 2.75) is 11.6 Å². The minimum Gasteiger partial charge on any atom is -0.478 e. The van der Waals surface area contributed by atoms with Crippen LogP contribution in [-0.2, 0) is 4.79 Å². The van der Waals surface area contributed by atoms with E-state index in [1.165, 1.54) is 30.2 Å². The van der Waals surface area contributed by atoms with E-state index in [9.17, 15) is 9.59 Å². The second-order valence-electron chi connectivity index (χ2n) is 6.28. The molecule has 2 N–H and O–H groups in total. The van der Waals surface area contributed by atoms with Crippen molar-refractivity contribution in [1.29, 1.82) is 0 Å². The van der Waals surface area contributed by atoms with Crippen molar-refractivity contribution in [3.63, 3.8) is 0 Å². The van der Waals surface area contributed by atoms with Gasteiger partial charge in [0.1, 0.15) is 5.69 Å². The van der Waals surface area contributed by atoms with Crippen molar-refractivity contribution in [2.75, 3.05) is 11.1 Å². The van der Waals surface area contributed by atoms with E-state index in [1.54, 1.807) is 42.7 Å². The number of carbonyl (C=O) groups is 2. The molecule has 3 heterocycles. The number of nitrogens with one attached hydrogen (secondary N) is 1. The molecule has 0 fully saturated rings. The number of furan rings is 2. The van der Waals surface area contributed by atoms with Gasteiger partial charge in [0.05, 0.1) is 18.1 Å². The van der Waals surface area contributed by atoms with Gasteiger partial charge >= 0.3 is 5.97 Å². The van der Waals surface area contributed by atoms with Crippen LogP contribution in [0.3, 0.4) is 0 Å². The molecule has 4 aromatic rings. The number of carboxylic acids is 1. The molecule has 31 heavy (non-hydrogen) atoms. The zero-order valence-corrected chi connectivity index (χ0v) is 16.8. The molecule has 0 radical (unpaired) electrons. The summed E-state index contributed by atoms with van der Waals surface area (Å²) in [6.45, 7) is 0. The molecule has 4 rings (SSSR count). The number of carbonyl (C=O) groups excluding carboxylic acids is 1. The van der Waals surface area contributed by atoms with Crippen LogP contribution in [-0.4, -0.2) is 37.9 Å². The Morgan fingerprint density at radius 2 is 1.71 bits per heavy atom. The van der Waals surface area contributed by atoms with Crippen molar-refractivity contribution >= 4 is 29.3 Å². The number of thioether (sulfide) groups is 1. The van der Waals surface area contributed by atoms with Crippen LogP contribution in [0.25, 0.3) is 22.9 Å². The number of rotatable bonds is 8. The predicted octanol–water partition coefficient (Wildman–Crippen LogP) is 4.21. The Balaban J connectivity index is 1.41. The first-order valence-electron chi connectivity index (χ1n) is 9.18. The molecule has 10 heteroatoms. The Kier molecular flexibility index (Phi) is 6.08. The molecule has 0 saturated heterocycles. The Morgan fingerprint density at radius 1 is 0.968 bits per heavy atom. The van der Waals surface area contributed by atoms with Crippen LogP contribution < -0.4 is 5.32 Å². The Morgan fingerprint density at radius 3 is 2.39 bits per heavy atom. The molecule has 0 aliphatic heterocycles. The predicted molar refractivity (Wildman–Crippen MR) is 113 cm³/mol. The maximum Gasteiger partial charge on any atom is 0.335 e. The number of aromatic carboxylic acids is 1. The second-order valence-corrected chi connectivity index (χ2v) is 7.34. The van der Waals surface area contributed by atoms with Crippen molar-refractivity contribution in [3.8, 4) is 22.9 Å². The lowest BCUT2D eigenvalue weighted by atomic mass is 10.2. The number of benzene rings is 1. The van der Waals surface area contributed by atoms with Gasteiger partial charge in [-0.3, -0.25) is 4.79 Å². The summed E-state index contributed by atoms with van der Waals surface area (Å²) in [4.78, 5) is 27.7. The number of hydrogen-bond donors (Lipinski definition) is 2. The van der Waals surface area contributed by atoms with E-state index in [0.717, 1.165) is 0 Å². The van der Waals surface area contributed by atoms with Crippen LogP contribution in [0.1, 0.15) is 16.8 Å². The van der Waals surface area contributed by atoms with Gasteiger partial charge in [-0.15, -0.1) is 10.2 Å². The summed E-state index contributed by atoms with van der Waals surface area (Å²) in [5.41, 5.74) is 1.48. The lowest BCUT2D eigenvalue weighted by Gasteiger charge is -2.07. The monoisotopic (exact) mass is 436 g/mol. The van der Waals surface area contributed by atoms with Crippen LogP contribution >= 0.6 is 11.8 Å². The largest absolute Gasteiger partial charge is 0.478 e. The SMILES string of the molecule is O=C(CCSc1nnc(-c2ccco2)c(-c2ccco2)n1)Nc1cccc(C(=O)O)c1. The summed E-state index contributed by atoms with van der Waals surface area (Å²) >= 11 is 1.27. The maximum absolute atomic E-state index is 12.2. The second kappa shape index (κ2) is 9.26. The highest BCUT2D eigenvalue weighted by Gasteiger charge is 2.18. The molecule has 0 unspecified atom stereocenters. The zero-order valence-electron chi connectivity index (χ0n) is 16.0. The fourth-order valence-electron chi connectivity index (χ4n) is 2.73. The van der Waals surface area contributed by atoms with Gasteiger partial charge in [0.15, 0.2) is 17.2 Å². The van der Waals surface area contributed by atoms with E-state index in [1.807, 2.05) is 0 Å². The third-order valence-electron chi connectivity index (χ3n) is 4.13. The molecule has 0 aliphatic rings. The van der Waals surface area contributed by atoms with Crippen molar-refractivity contribution in [2.24, 2.45) is 0 Å². The van der Waals surface area contributed by atoms with Crippen LogP contribution in [0.2, 0.25) is 0 Å². The van der Waals surface area contributed by atoms with Gasteiger partial charge in [-0.05, 0) is 42.5 Å². The highest BCUT2D eigenvalue weighted by molar-refractivity contribution is 7.99. The molecule has 0 bridgehead atoms. The van der Waals surface area contributed by atoms with Gasteiger partial charge in [0.25, 0.3) is 0 Å². The summed E-state index contributed by atoms with van der Waals surface area (Å²) in [7, 11) is 0. The van der Waals surface area contributed by atoms with Crippen LogP contribution in [0.5, 0.6) is 0 Å². The van der Waals surface area contributed by atoms with Gasteiger partial charge in [-0.2, -0.15) is 0 Å². The number of carboxylic acid groups (broad SMARTS) is 1. The lowest BCUT2D eigenvalue weighted by Crippen LogP contribution is -2.13. The van der Waals surface area contributed by atoms with Crippen LogP contribution in [0.15, 0.2) is 75.0 Å². The van der Waals surface area contributed by atoms with Gasteiger partial charge < -0.3 is 19.3 Å². The summed E-state index contributed by atoms with van der Waals surface area (Å²) in [5.74, 6) is 0.150. The van der Waals surface area contributed by atoms with Gasteiger partial charge in [0.2, 0.25) is 11.1 Å². The molecule has 0 saturated carbocycles. The maximum atomic E-state index is 12.2. The molecule has 3 aromatic heterocycles. The fraction of sp³-hybridized carbons (Fsp3) is 0.0952. The van der Waals surface area contributed by atoms with E-state index >= 15 is 0 Å². The first-order chi connectivity index (χ1) is 15.1. The standard InChI is InChI=1S/C21H16N4O5S/c26-17(22-14-5-1-4-13(12-14)20(27)28)8-11-31-21-23-18(15-6-2-9-29-15)19(24-25-21)16-7-3-10-30-16/h1-7,9-10,12H,8,11H2,(H,22,26)(H,27,28). The molecule has 0 atom stereocenters. The average molecular weight is 436 g/mol. The number of hydrogen-bond acceptors (Lipinski definition) is 8. The first kappa shape index (κ1) is 20.4. The van der Waals surface area contributed by atoms with E-state index in [0.29, 0.717) is 39.5 Å². The van der Waals surface area contributed by atoms with Gasteiger partial charge in [-0.25, -0.2) is 9.78 Å². The topological polar surface area (TPSA) is 131 Å². The summed E-state index contributed by atoms with van der Waals surface area (Å²) in [6.07, 6.45) is 3.26. The quantitative estimate of drug-likeness (QED) is 0.390. The molecular formula is C21H16N4O5S. The normalized spacial score (nSPS) is 10.7. The number of amides is 1.